The number of benzene rings is 2. The highest BCUT2D eigenvalue weighted by atomic mass is 35.5. The molecule has 0 radical (unpaired) electrons. The molecule has 0 aromatic heterocycles. The minimum absolute atomic E-state index is 0.284. The first kappa shape index (κ1) is 15.6. The van der Waals surface area contributed by atoms with Crippen LogP contribution >= 0.6 is 11.6 Å². The summed E-state index contributed by atoms with van der Waals surface area (Å²) in [6.45, 7) is 1.82. The van der Waals surface area contributed by atoms with Gasteiger partial charge in [0.25, 0.3) is 0 Å². The van der Waals surface area contributed by atoms with Gasteiger partial charge in [-0.3, -0.25) is 0 Å². The van der Waals surface area contributed by atoms with Gasteiger partial charge in [0.2, 0.25) is 0 Å². The lowest BCUT2D eigenvalue weighted by Gasteiger charge is -2.18. The third kappa shape index (κ3) is 3.12. The molecule has 2 rings (SSSR count). The van der Waals surface area contributed by atoms with Crippen LogP contribution in [0, 0.1) is 12.7 Å². The molecule has 1 atom stereocenters. The molecular formula is C16H17ClFNO2. The molecule has 0 aliphatic rings. The van der Waals surface area contributed by atoms with Crippen LogP contribution in [0.5, 0.6) is 11.5 Å². The molecule has 1 unspecified atom stereocenters. The minimum Gasteiger partial charge on any atom is -0.493 e. The van der Waals surface area contributed by atoms with Crippen molar-refractivity contribution < 1.29 is 13.9 Å². The van der Waals surface area contributed by atoms with Gasteiger partial charge in [-0.1, -0.05) is 17.7 Å². The Labute approximate surface area is 128 Å². The third-order valence-electron chi connectivity index (χ3n) is 3.38. The van der Waals surface area contributed by atoms with Gasteiger partial charge >= 0.3 is 0 Å². The number of methoxy groups -OCH3 is 2. The molecule has 0 bridgehead atoms. The highest BCUT2D eigenvalue weighted by Gasteiger charge is 2.17. The van der Waals surface area contributed by atoms with Gasteiger partial charge in [-0.25, -0.2) is 4.39 Å². The van der Waals surface area contributed by atoms with Gasteiger partial charge in [0.05, 0.1) is 25.3 Å². The molecule has 0 saturated heterocycles. The predicted octanol–water partition coefficient (Wildman–Crippen LogP) is 3.85. The van der Waals surface area contributed by atoms with Crippen molar-refractivity contribution in [2.75, 3.05) is 14.2 Å². The van der Waals surface area contributed by atoms with Crippen LogP contribution in [-0.4, -0.2) is 14.2 Å². The number of hydrogen-bond donors (Lipinski definition) is 1. The van der Waals surface area contributed by atoms with Crippen molar-refractivity contribution in [3.63, 3.8) is 0 Å². The van der Waals surface area contributed by atoms with Crippen molar-refractivity contribution in [2.24, 2.45) is 5.73 Å². The number of halogens is 2. The Morgan fingerprint density at radius 1 is 1.14 bits per heavy atom. The quantitative estimate of drug-likeness (QED) is 0.933. The SMILES string of the molecule is COc1cc(C(N)c2ccc(F)cc2C)cc(Cl)c1OC. The van der Waals surface area contributed by atoms with Crippen molar-refractivity contribution in [3.8, 4) is 11.5 Å². The van der Waals surface area contributed by atoms with Crippen molar-refractivity contribution in [2.45, 2.75) is 13.0 Å². The molecule has 0 aliphatic heterocycles. The summed E-state index contributed by atoms with van der Waals surface area (Å²) in [4.78, 5) is 0. The number of rotatable bonds is 4. The zero-order valence-electron chi connectivity index (χ0n) is 12.1. The monoisotopic (exact) mass is 309 g/mol. The second-order valence-electron chi connectivity index (χ2n) is 4.72. The van der Waals surface area contributed by atoms with Crippen molar-refractivity contribution in [1.82, 2.24) is 0 Å². The van der Waals surface area contributed by atoms with Crippen LogP contribution in [0.3, 0.4) is 0 Å². The maximum Gasteiger partial charge on any atom is 0.179 e. The smallest absolute Gasteiger partial charge is 0.179 e. The molecule has 21 heavy (non-hydrogen) atoms. The van der Waals surface area contributed by atoms with Gasteiger partial charge in [0.15, 0.2) is 11.5 Å². The van der Waals surface area contributed by atoms with E-state index in [1.54, 1.807) is 18.2 Å². The summed E-state index contributed by atoms with van der Waals surface area (Å²) in [5.74, 6) is 0.690. The molecule has 0 heterocycles. The van der Waals surface area contributed by atoms with Crippen LogP contribution in [-0.2, 0) is 0 Å². The van der Waals surface area contributed by atoms with Crippen LogP contribution in [0.1, 0.15) is 22.7 Å². The average molecular weight is 310 g/mol. The molecule has 0 aliphatic carbocycles. The Hall–Kier alpha value is -1.78. The highest BCUT2D eigenvalue weighted by molar-refractivity contribution is 6.32. The van der Waals surface area contributed by atoms with E-state index in [-0.39, 0.29) is 5.82 Å². The Kier molecular flexibility index (Phi) is 4.70. The van der Waals surface area contributed by atoms with Crippen LogP contribution in [0.15, 0.2) is 30.3 Å². The van der Waals surface area contributed by atoms with Crippen LogP contribution in [0.4, 0.5) is 4.39 Å². The van der Waals surface area contributed by atoms with E-state index in [0.717, 1.165) is 16.7 Å². The van der Waals surface area contributed by atoms with Gasteiger partial charge in [-0.05, 0) is 47.9 Å². The topological polar surface area (TPSA) is 44.5 Å². The van der Waals surface area contributed by atoms with E-state index in [4.69, 9.17) is 26.8 Å². The lowest BCUT2D eigenvalue weighted by Crippen LogP contribution is -2.14. The Balaban J connectivity index is 2.48. The summed E-state index contributed by atoms with van der Waals surface area (Å²) in [5, 5.41) is 0.419. The molecule has 0 fully saturated rings. The third-order valence-corrected chi connectivity index (χ3v) is 3.66. The van der Waals surface area contributed by atoms with Crippen molar-refractivity contribution in [1.29, 1.82) is 0 Å². The number of aryl methyl sites for hydroxylation is 1. The summed E-state index contributed by atoms with van der Waals surface area (Å²) < 4.78 is 23.7. The van der Waals surface area contributed by atoms with E-state index in [2.05, 4.69) is 0 Å². The average Bonchev–Trinajstić information content (AvgIpc) is 2.45. The van der Waals surface area contributed by atoms with Gasteiger partial charge < -0.3 is 15.2 Å². The molecular weight excluding hydrogens is 293 g/mol. The van der Waals surface area contributed by atoms with Crippen LogP contribution in [0.2, 0.25) is 5.02 Å². The van der Waals surface area contributed by atoms with Crippen molar-refractivity contribution >= 4 is 11.6 Å². The van der Waals surface area contributed by atoms with E-state index in [9.17, 15) is 4.39 Å². The fraction of sp³-hybridized carbons (Fsp3) is 0.250. The fourth-order valence-corrected chi connectivity index (χ4v) is 2.58. The van der Waals surface area contributed by atoms with Crippen LogP contribution in [0.25, 0.3) is 0 Å². The first-order valence-electron chi connectivity index (χ1n) is 6.41. The molecule has 0 saturated carbocycles. The Bertz CT molecular complexity index is 661. The van der Waals surface area contributed by atoms with Gasteiger partial charge in [-0.15, -0.1) is 0 Å². The largest absolute Gasteiger partial charge is 0.493 e. The summed E-state index contributed by atoms with van der Waals surface area (Å²) in [5.41, 5.74) is 8.66. The number of hydrogen-bond acceptors (Lipinski definition) is 3. The van der Waals surface area contributed by atoms with E-state index in [0.29, 0.717) is 16.5 Å². The maximum atomic E-state index is 13.2. The van der Waals surface area contributed by atoms with Crippen LogP contribution < -0.4 is 15.2 Å². The van der Waals surface area contributed by atoms with Crippen molar-refractivity contribution in [3.05, 3.63) is 57.9 Å². The maximum absolute atomic E-state index is 13.2. The lowest BCUT2D eigenvalue weighted by molar-refractivity contribution is 0.354. The molecule has 2 aromatic rings. The molecule has 0 amide bonds. The molecule has 0 spiro atoms. The summed E-state index contributed by atoms with van der Waals surface area (Å²) >= 11 is 6.19. The summed E-state index contributed by atoms with van der Waals surface area (Å²) in [7, 11) is 3.06. The molecule has 2 aromatic carbocycles. The van der Waals surface area contributed by atoms with E-state index >= 15 is 0 Å². The molecule has 5 heteroatoms. The fourth-order valence-electron chi connectivity index (χ4n) is 2.29. The summed E-state index contributed by atoms with van der Waals surface area (Å²) in [6, 6.07) is 7.61. The second kappa shape index (κ2) is 6.33. The first-order chi connectivity index (χ1) is 9.97. The van der Waals surface area contributed by atoms with E-state index in [1.807, 2.05) is 6.92 Å². The van der Waals surface area contributed by atoms with Gasteiger partial charge in [0.1, 0.15) is 5.82 Å². The zero-order chi connectivity index (χ0) is 15.6. The predicted molar refractivity (Wildman–Crippen MR) is 81.7 cm³/mol. The highest BCUT2D eigenvalue weighted by Crippen LogP contribution is 2.38. The molecule has 2 N–H and O–H groups in total. The van der Waals surface area contributed by atoms with Gasteiger partial charge in [0, 0.05) is 0 Å². The molecule has 3 nitrogen and oxygen atoms in total. The zero-order valence-corrected chi connectivity index (χ0v) is 12.9. The lowest BCUT2D eigenvalue weighted by atomic mass is 9.95. The second-order valence-corrected chi connectivity index (χ2v) is 5.12. The standard InChI is InChI=1S/C16H17ClFNO2/c1-9-6-11(18)4-5-12(9)15(19)10-7-13(17)16(21-3)14(8-10)20-2/h4-8,15H,19H2,1-3H3. The van der Waals surface area contributed by atoms with E-state index in [1.165, 1.54) is 26.4 Å². The first-order valence-corrected chi connectivity index (χ1v) is 6.78. The summed E-state index contributed by atoms with van der Waals surface area (Å²) in [6.07, 6.45) is 0. The Morgan fingerprint density at radius 2 is 1.86 bits per heavy atom. The normalized spacial score (nSPS) is 12.1. The minimum atomic E-state index is -0.428. The number of ether oxygens (including phenoxy) is 2. The number of nitrogens with two attached hydrogens (primary N) is 1. The Morgan fingerprint density at radius 3 is 2.43 bits per heavy atom. The van der Waals surface area contributed by atoms with E-state index < -0.39 is 6.04 Å². The van der Waals surface area contributed by atoms with Gasteiger partial charge in [-0.2, -0.15) is 0 Å². The molecule has 112 valence electrons.